The van der Waals surface area contributed by atoms with Gasteiger partial charge < -0.3 is 10.4 Å². The standard InChI is InChI=1S/C15H23FN2O/c1-17-15(12-2-4-13(16)5-3-12)8-9-18(10-11-19)14-6-7-14/h2-5,14-15,17,19H,6-11H2,1H3. The van der Waals surface area contributed by atoms with Crippen molar-refractivity contribution in [2.24, 2.45) is 0 Å². The quantitative estimate of drug-likeness (QED) is 0.755. The minimum absolute atomic E-state index is 0.196. The molecular formula is C15H23FN2O. The lowest BCUT2D eigenvalue weighted by Gasteiger charge is -2.24. The van der Waals surface area contributed by atoms with E-state index in [1.54, 1.807) is 0 Å². The Labute approximate surface area is 114 Å². The summed E-state index contributed by atoms with van der Waals surface area (Å²) < 4.78 is 12.9. The zero-order valence-electron chi connectivity index (χ0n) is 11.5. The molecule has 19 heavy (non-hydrogen) atoms. The minimum Gasteiger partial charge on any atom is -0.395 e. The van der Waals surface area contributed by atoms with Crippen LogP contribution in [-0.4, -0.2) is 42.8 Å². The molecule has 0 aromatic heterocycles. The van der Waals surface area contributed by atoms with Crippen molar-refractivity contribution in [2.75, 3.05) is 26.7 Å². The van der Waals surface area contributed by atoms with Gasteiger partial charge >= 0.3 is 0 Å². The van der Waals surface area contributed by atoms with E-state index in [-0.39, 0.29) is 18.5 Å². The molecule has 2 rings (SSSR count). The van der Waals surface area contributed by atoms with Crippen molar-refractivity contribution < 1.29 is 9.50 Å². The van der Waals surface area contributed by atoms with E-state index < -0.39 is 0 Å². The summed E-state index contributed by atoms with van der Waals surface area (Å²) in [5, 5.41) is 12.4. The molecule has 0 radical (unpaired) electrons. The first kappa shape index (κ1) is 14.4. The van der Waals surface area contributed by atoms with E-state index in [1.807, 2.05) is 19.2 Å². The van der Waals surface area contributed by atoms with E-state index in [4.69, 9.17) is 5.11 Å². The summed E-state index contributed by atoms with van der Waals surface area (Å²) in [5.74, 6) is -0.196. The van der Waals surface area contributed by atoms with Crippen LogP contribution in [0.15, 0.2) is 24.3 Å². The topological polar surface area (TPSA) is 35.5 Å². The number of nitrogens with zero attached hydrogens (tertiary/aromatic N) is 1. The first-order valence-corrected chi connectivity index (χ1v) is 7.02. The third-order valence-electron chi connectivity index (χ3n) is 3.78. The van der Waals surface area contributed by atoms with Gasteiger partial charge in [0.15, 0.2) is 0 Å². The highest BCUT2D eigenvalue weighted by molar-refractivity contribution is 5.19. The maximum atomic E-state index is 12.9. The SMILES string of the molecule is CNC(CCN(CCO)C1CC1)c1ccc(F)cc1. The fourth-order valence-electron chi connectivity index (χ4n) is 2.51. The number of rotatable bonds is 8. The van der Waals surface area contributed by atoms with Crippen LogP contribution >= 0.6 is 0 Å². The summed E-state index contributed by atoms with van der Waals surface area (Å²) in [6.07, 6.45) is 3.47. The van der Waals surface area contributed by atoms with Crippen LogP contribution in [0, 0.1) is 5.82 Å². The van der Waals surface area contributed by atoms with Gasteiger partial charge in [0.2, 0.25) is 0 Å². The molecule has 106 valence electrons. The third kappa shape index (κ3) is 4.27. The summed E-state index contributed by atoms with van der Waals surface area (Å²) in [7, 11) is 1.93. The maximum Gasteiger partial charge on any atom is 0.123 e. The van der Waals surface area contributed by atoms with Crippen molar-refractivity contribution in [3.8, 4) is 0 Å². The average Bonchev–Trinajstić information content (AvgIpc) is 3.24. The van der Waals surface area contributed by atoms with Gasteiger partial charge in [-0.3, -0.25) is 4.90 Å². The van der Waals surface area contributed by atoms with Gasteiger partial charge in [-0.15, -0.1) is 0 Å². The smallest absolute Gasteiger partial charge is 0.123 e. The van der Waals surface area contributed by atoms with Crippen LogP contribution in [-0.2, 0) is 0 Å². The Hall–Kier alpha value is -0.970. The van der Waals surface area contributed by atoms with Crippen molar-refractivity contribution in [3.63, 3.8) is 0 Å². The van der Waals surface area contributed by atoms with Crippen LogP contribution in [0.2, 0.25) is 0 Å². The van der Waals surface area contributed by atoms with E-state index in [9.17, 15) is 4.39 Å². The van der Waals surface area contributed by atoms with E-state index in [1.165, 1.54) is 25.0 Å². The number of aliphatic hydroxyl groups excluding tert-OH is 1. The highest BCUT2D eigenvalue weighted by Crippen LogP contribution is 2.27. The number of benzene rings is 1. The van der Waals surface area contributed by atoms with E-state index in [2.05, 4.69) is 10.2 Å². The highest BCUT2D eigenvalue weighted by atomic mass is 19.1. The molecule has 4 heteroatoms. The number of aliphatic hydroxyl groups is 1. The lowest BCUT2D eigenvalue weighted by atomic mass is 10.0. The molecule has 0 heterocycles. The molecule has 1 aliphatic rings. The maximum absolute atomic E-state index is 12.9. The molecule has 3 nitrogen and oxygen atoms in total. The summed E-state index contributed by atoms with van der Waals surface area (Å²) in [6, 6.07) is 7.59. The van der Waals surface area contributed by atoms with Gasteiger partial charge in [0.05, 0.1) is 6.61 Å². The fourth-order valence-corrected chi connectivity index (χ4v) is 2.51. The number of hydrogen-bond acceptors (Lipinski definition) is 3. The Morgan fingerprint density at radius 2 is 2.00 bits per heavy atom. The van der Waals surface area contributed by atoms with Gasteiger partial charge in [0, 0.05) is 25.2 Å². The Bertz CT molecular complexity index is 378. The molecule has 1 atom stereocenters. The van der Waals surface area contributed by atoms with E-state index in [0.29, 0.717) is 6.04 Å². The monoisotopic (exact) mass is 266 g/mol. The van der Waals surface area contributed by atoms with Gasteiger partial charge in [-0.1, -0.05) is 12.1 Å². The largest absolute Gasteiger partial charge is 0.395 e. The van der Waals surface area contributed by atoms with Crippen LogP contribution < -0.4 is 5.32 Å². The average molecular weight is 266 g/mol. The van der Waals surface area contributed by atoms with Crippen molar-refractivity contribution in [2.45, 2.75) is 31.3 Å². The molecule has 2 N–H and O–H groups in total. The predicted molar refractivity (Wildman–Crippen MR) is 74.5 cm³/mol. The lowest BCUT2D eigenvalue weighted by Crippen LogP contribution is -2.32. The molecule has 0 amide bonds. The van der Waals surface area contributed by atoms with Crippen molar-refractivity contribution >= 4 is 0 Å². The number of nitrogens with one attached hydrogen (secondary N) is 1. The van der Waals surface area contributed by atoms with Crippen LogP contribution in [0.25, 0.3) is 0 Å². The highest BCUT2D eigenvalue weighted by Gasteiger charge is 2.28. The second kappa shape index (κ2) is 6.98. The van der Waals surface area contributed by atoms with Crippen molar-refractivity contribution in [1.29, 1.82) is 0 Å². The van der Waals surface area contributed by atoms with Gasteiger partial charge in [-0.25, -0.2) is 4.39 Å². The molecule has 1 unspecified atom stereocenters. The first-order chi connectivity index (χ1) is 9.24. The lowest BCUT2D eigenvalue weighted by molar-refractivity contribution is 0.183. The normalized spacial score (nSPS) is 16.8. The van der Waals surface area contributed by atoms with Crippen LogP contribution in [0.3, 0.4) is 0 Å². The Kier molecular flexibility index (Phi) is 5.31. The zero-order valence-corrected chi connectivity index (χ0v) is 11.5. The predicted octanol–water partition coefficient (Wildman–Crippen LogP) is 1.93. The molecule has 0 spiro atoms. The Morgan fingerprint density at radius 1 is 1.32 bits per heavy atom. The Morgan fingerprint density at radius 3 is 2.53 bits per heavy atom. The van der Waals surface area contributed by atoms with Gasteiger partial charge in [0.25, 0.3) is 0 Å². The van der Waals surface area contributed by atoms with Crippen LogP contribution in [0.5, 0.6) is 0 Å². The van der Waals surface area contributed by atoms with Gasteiger partial charge in [-0.2, -0.15) is 0 Å². The first-order valence-electron chi connectivity index (χ1n) is 7.02. The molecule has 1 aliphatic carbocycles. The third-order valence-corrected chi connectivity index (χ3v) is 3.78. The van der Waals surface area contributed by atoms with E-state index >= 15 is 0 Å². The summed E-state index contributed by atoms with van der Waals surface area (Å²) in [4.78, 5) is 2.36. The van der Waals surface area contributed by atoms with Gasteiger partial charge in [0.1, 0.15) is 5.82 Å². The van der Waals surface area contributed by atoms with Crippen molar-refractivity contribution in [3.05, 3.63) is 35.6 Å². The molecule has 1 aromatic rings. The van der Waals surface area contributed by atoms with Crippen molar-refractivity contribution in [1.82, 2.24) is 10.2 Å². The second-order valence-electron chi connectivity index (χ2n) is 5.17. The number of hydrogen-bond donors (Lipinski definition) is 2. The van der Waals surface area contributed by atoms with Crippen LogP contribution in [0.1, 0.15) is 30.9 Å². The van der Waals surface area contributed by atoms with E-state index in [0.717, 1.165) is 25.1 Å². The number of halogens is 1. The molecule has 0 bridgehead atoms. The van der Waals surface area contributed by atoms with Gasteiger partial charge in [-0.05, 0) is 44.0 Å². The molecule has 0 aliphatic heterocycles. The molecule has 1 saturated carbocycles. The second-order valence-corrected chi connectivity index (χ2v) is 5.17. The fraction of sp³-hybridized carbons (Fsp3) is 0.600. The van der Waals surface area contributed by atoms with Crippen LogP contribution in [0.4, 0.5) is 4.39 Å². The molecule has 0 saturated heterocycles. The molecular weight excluding hydrogens is 243 g/mol. The summed E-state index contributed by atoms with van der Waals surface area (Å²) in [5.41, 5.74) is 1.11. The zero-order chi connectivity index (χ0) is 13.7. The summed E-state index contributed by atoms with van der Waals surface area (Å²) in [6.45, 7) is 1.94. The summed E-state index contributed by atoms with van der Waals surface area (Å²) >= 11 is 0. The Balaban J connectivity index is 1.89. The minimum atomic E-state index is -0.196. The molecule has 1 fully saturated rings. The molecule has 1 aromatic carbocycles.